The van der Waals surface area contributed by atoms with Gasteiger partial charge in [-0.15, -0.1) is 0 Å². The Morgan fingerprint density at radius 3 is 2.88 bits per heavy atom. The van der Waals surface area contributed by atoms with Gasteiger partial charge in [0.1, 0.15) is 0 Å². The highest BCUT2D eigenvalue weighted by atomic mass is 35.5. The number of halogens is 1. The molecule has 2 unspecified atom stereocenters. The Labute approximate surface area is 99.3 Å². The van der Waals surface area contributed by atoms with E-state index >= 15 is 0 Å². The van der Waals surface area contributed by atoms with Crippen LogP contribution in [-0.4, -0.2) is 11.9 Å². The summed E-state index contributed by atoms with van der Waals surface area (Å²) in [6.07, 6.45) is 4.39. The van der Waals surface area contributed by atoms with Crippen molar-refractivity contribution in [2.45, 2.75) is 12.5 Å². The fraction of sp³-hybridized carbons (Fsp3) is 0.250. The van der Waals surface area contributed by atoms with Crippen LogP contribution in [0.1, 0.15) is 6.42 Å². The molecule has 1 aliphatic rings. The molecule has 0 saturated carbocycles. The zero-order chi connectivity index (χ0) is 11.5. The Hall–Kier alpha value is -1.32. The third-order valence-electron chi connectivity index (χ3n) is 2.55. The third-order valence-corrected chi connectivity index (χ3v) is 2.78. The maximum Gasteiger partial charge on any atom is 0.231 e. The quantitative estimate of drug-likeness (QED) is 0.774. The molecule has 0 heterocycles. The van der Waals surface area contributed by atoms with Crippen molar-refractivity contribution in [3.8, 4) is 0 Å². The summed E-state index contributed by atoms with van der Waals surface area (Å²) in [6, 6.07) is 7.09. The van der Waals surface area contributed by atoms with Gasteiger partial charge in [0.25, 0.3) is 0 Å². The highest BCUT2D eigenvalue weighted by Crippen LogP contribution is 2.20. The largest absolute Gasteiger partial charge is 0.326 e. The Morgan fingerprint density at radius 2 is 2.25 bits per heavy atom. The second-order valence-electron chi connectivity index (χ2n) is 3.89. The molecular weight excluding hydrogens is 224 g/mol. The number of anilines is 1. The fourth-order valence-corrected chi connectivity index (χ4v) is 1.91. The van der Waals surface area contributed by atoms with E-state index in [0.717, 1.165) is 0 Å². The van der Waals surface area contributed by atoms with Gasteiger partial charge in [-0.1, -0.05) is 29.8 Å². The molecular formula is C12H13ClN2O. The van der Waals surface area contributed by atoms with Gasteiger partial charge < -0.3 is 11.1 Å². The van der Waals surface area contributed by atoms with E-state index in [9.17, 15) is 4.79 Å². The molecule has 0 aromatic heterocycles. The summed E-state index contributed by atoms with van der Waals surface area (Å²) >= 11 is 5.83. The van der Waals surface area contributed by atoms with E-state index in [1.54, 1.807) is 18.2 Å². The highest BCUT2D eigenvalue weighted by molar-refractivity contribution is 6.30. The molecule has 0 radical (unpaired) electrons. The smallest absolute Gasteiger partial charge is 0.231 e. The van der Waals surface area contributed by atoms with Gasteiger partial charge in [0, 0.05) is 16.8 Å². The van der Waals surface area contributed by atoms with E-state index in [1.807, 2.05) is 18.2 Å². The molecule has 2 atom stereocenters. The number of rotatable bonds is 2. The number of amides is 1. The maximum absolute atomic E-state index is 11.8. The Morgan fingerprint density at radius 1 is 1.44 bits per heavy atom. The third kappa shape index (κ3) is 2.62. The second-order valence-corrected chi connectivity index (χ2v) is 4.33. The summed E-state index contributed by atoms with van der Waals surface area (Å²) in [5, 5.41) is 3.42. The van der Waals surface area contributed by atoms with Crippen LogP contribution in [0.15, 0.2) is 36.4 Å². The first kappa shape index (κ1) is 11.2. The molecule has 84 valence electrons. The first-order valence-corrected chi connectivity index (χ1v) is 5.53. The van der Waals surface area contributed by atoms with Crippen LogP contribution in [0.2, 0.25) is 5.02 Å². The van der Waals surface area contributed by atoms with Crippen LogP contribution in [0, 0.1) is 5.92 Å². The summed E-state index contributed by atoms with van der Waals surface area (Å²) in [5.41, 5.74) is 6.41. The van der Waals surface area contributed by atoms with E-state index in [4.69, 9.17) is 17.3 Å². The Kier molecular flexibility index (Phi) is 3.27. The minimum absolute atomic E-state index is 0.00453. The van der Waals surface area contributed by atoms with Crippen molar-refractivity contribution in [2.24, 2.45) is 11.7 Å². The maximum atomic E-state index is 11.8. The van der Waals surface area contributed by atoms with Gasteiger partial charge >= 0.3 is 0 Å². The average molecular weight is 237 g/mol. The summed E-state index contributed by atoms with van der Waals surface area (Å²) < 4.78 is 0. The molecule has 0 spiro atoms. The van der Waals surface area contributed by atoms with E-state index in [-0.39, 0.29) is 17.9 Å². The lowest BCUT2D eigenvalue weighted by molar-refractivity contribution is -0.118. The van der Waals surface area contributed by atoms with Crippen molar-refractivity contribution in [2.75, 3.05) is 5.32 Å². The fourth-order valence-electron chi connectivity index (χ4n) is 1.72. The summed E-state index contributed by atoms with van der Waals surface area (Å²) in [4.78, 5) is 11.8. The first-order chi connectivity index (χ1) is 7.65. The highest BCUT2D eigenvalue weighted by Gasteiger charge is 2.22. The molecule has 0 bridgehead atoms. The van der Waals surface area contributed by atoms with E-state index in [0.29, 0.717) is 17.1 Å². The van der Waals surface area contributed by atoms with Gasteiger partial charge in [0.15, 0.2) is 0 Å². The summed E-state index contributed by atoms with van der Waals surface area (Å²) in [5.74, 6) is -0.166. The molecule has 2 rings (SSSR count). The van der Waals surface area contributed by atoms with Crippen LogP contribution in [0.5, 0.6) is 0 Å². The zero-order valence-electron chi connectivity index (χ0n) is 8.69. The van der Waals surface area contributed by atoms with Crippen LogP contribution < -0.4 is 11.1 Å². The first-order valence-electron chi connectivity index (χ1n) is 5.15. The van der Waals surface area contributed by atoms with Gasteiger partial charge in [0.2, 0.25) is 5.91 Å². The van der Waals surface area contributed by atoms with Crippen LogP contribution in [-0.2, 0) is 4.79 Å². The lowest BCUT2D eigenvalue weighted by Gasteiger charge is -2.10. The minimum Gasteiger partial charge on any atom is -0.326 e. The van der Waals surface area contributed by atoms with E-state index < -0.39 is 0 Å². The standard InChI is InChI=1S/C12H13ClN2O/c13-9-2-1-3-11(7-9)15-12(16)8-4-5-10(14)6-8/h1-5,7-8,10H,6,14H2,(H,15,16). The minimum atomic E-state index is -0.131. The monoisotopic (exact) mass is 236 g/mol. The number of nitrogens with two attached hydrogens (primary N) is 1. The van der Waals surface area contributed by atoms with Crippen molar-refractivity contribution < 1.29 is 4.79 Å². The van der Waals surface area contributed by atoms with Gasteiger partial charge in [-0.25, -0.2) is 0 Å². The van der Waals surface area contributed by atoms with Gasteiger partial charge in [-0.05, 0) is 24.6 Å². The van der Waals surface area contributed by atoms with Crippen molar-refractivity contribution in [3.05, 3.63) is 41.4 Å². The SMILES string of the molecule is NC1C=CC(C(=O)Nc2cccc(Cl)c2)C1. The summed E-state index contributed by atoms with van der Waals surface area (Å²) in [7, 11) is 0. The predicted molar refractivity (Wildman–Crippen MR) is 65.3 cm³/mol. The topological polar surface area (TPSA) is 55.1 Å². The number of benzene rings is 1. The molecule has 1 aliphatic carbocycles. The molecule has 0 aliphatic heterocycles. The second kappa shape index (κ2) is 4.68. The van der Waals surface area contributed by atoms with Crippen molar-refractivity contribution in [3.63, 3.8) is 0 Å². The van der Waals surface area contributed by atoms with Crippen LogP contribution >= 0.6 is 11.6 Å². The van der Waals surface area contributed by atoms with Crippen LogP contribution in [0.4, 0.5) is 5.69 Å². The molecule has 3 N–H and O–H groups in total. The lowest BCUT2D eigenvalue weighted by atomic mass is 10.1. The molecule has 0 saturated heterocycles. The Balaban J connectivity index is 2.00. The predicted octanol–water partition coefficient (Wildman–Crippen LogP) is 2.18. The molecule has 0 fully saturated rings. The van der Waals surface area contributed by atoms with Gasteiger partial charge in [0.05, 0.1) is 5.92 Å². The molecule has 1 amide bonds. The molecule has 3 nitrogen and oxygen atoms in total. The van der Waals surface area contributed by atoms with Crippen molar-refractivity contribution >= 4 is 23.2 Å². The van der Waals surface area contributed by atoms with Gasteiger partial charge in [-0.2, -0.15) is 0 Å². The van der Waals surface area contributed by atoms with E-state index in [1.165, 1.54) is 0 Å². The van der Waals surface area contributed by atoms with Gasteiger partial charge in [-0.3, -0.25) is 4.79 Å². The summed E-state index contributed by atoms with van der Waals surface area (Å²) in [6.45, 7) is 0. The number of nitrogens with one attached hydrogen (secondary N) is 1. The van der Waals surface area contributed by atoms with Crippen molar-refractivity contribution in [1.82, 2.24) is 0 Å². The van der Waals surface area contributed by atoms with E-state index in [2.05, 4.69) is 5.32 Å². The lowest BCUT2D eigenvalue weighted by Crippen LogP contribution is -2.23. The molecule has 1 aromatic carbocycles. The normalized spacial score (nSPS) is 23.4. The Bertz CT molecular complexity index is 431. The average Bonchev–Trinajstić information content (AvgIpc) is 2.65. The number of hydrogen-bond acceptors (Lipinski definition) is 2. The molecule has 1 aromatic rings. The number of hydrogen-bond donors (Lipinski definition) is 2. The van der Waals surface area contributed by atoms with Crippen LogP contribution in [0.25, 0.3) is 0 Å². The van der Waals surface area contributed by atoms with Crippen molar-refractivity contribution in [1.29, 1.82) is 0 Å². The molecule has 16 heavy (non-hydrogen) atoms. The van der Waals surface area contributed by atoms with Crippen LogP contribution in [0.3, 0.4) is 0 Å². The zero-order valence-corrected chi connectivity index (χ0v) is 9.45. The number of carbonyl (C=O) groups is 1. The molecule has 4 heteroatoms. The number of carbonyl (C=O) groups excluding carboxylic acids is 1.